The van der Waals surface area contributed by atoms with Crippen molar-refractivity contribution in [3.63, 3.8) is 0 Å². The predicted molar refractivity (Wildman–Crippen MR) is 73.7 cm³/mol. The van der Waals surface area contributed by atoms with Gasteiger partial charge in [0, 0.05) is 17.1 Å². The van der Waals surface area contributed by atoms with Gasteiger partial charge in [-0.3, -0.25) is 9.78 Å². The van der Waals surface area contributed by atoms with Gasteiger partial charge >= 0.3 is 0 Å². The number of carbonyl (C=O) groups excluding carboxylic acids is 1. The molecule has 0 aliphatic carbocycles. The number of aromatic nitrogens is 1. The van der Waals surface area contributed by atoms with Crippen LogP contribution in [-0.4, -0.2) is 22.3 Å². The molecule has 1 atom stereocenters. The molecule has 1 unspecified atom stereocenters. The standard InChI is InChI=1S/C13H19BrN2O/c1-9(14)5-4-8-15-13(17)12-7-6-10(2)16-11(12)3/h6-7,9H,4-5,8H2,1-3H3,(H,15,17). The van der Waals surface area contributed by atoms with Crippen LogP contribution in [0.1, 0.15) is 41.5 Å². The smallest absolute Gasteiger partial charge is 0.253 e. The van der Waals surface area contributed by atoms with E-state index in [9.17, 15) is 4.79 Å². The summed E-state index contributed by atoms with van der Waals surface area (Å²) < 4.78 is 0. The van der Waals surface area contributed by atoms with Gasteiger partial charge in [-0.2, -0.15) is 0 Å². The molecule has 94 valence electrons. The zero-order valence-corrected chi connectivity index (χ0v) is 12.2. The van der Waals surface area contributed by atoms with Crippen LogP contribution in [0, 0.1) is 13.8 Å². The van der Waals surface area contributed by atoms with Gasteiger partial charge in [0.15, 0.2) is 0 Å². The highest BCUT2D eigenvalue weighted by Crippen LogP contribution is 2.07. The molecular weight excluding hydrogens is 280 g/mol. The van der Waals surface area contributed by atoms with Gasteiger partial charge in [-0.05, 0) is 38.8 Å². The largest absolute Gasteiger partial charge is 0.352 e. The van der Waals surface area contributed by atoms with Crippen molar-refractivity contribution in [2.45, 2.75) is 38.4 Å². The Morgan fingerprint density at radius 2 is 2.18 bits per heavy atom. The average Bonchev–Trinajstić information content (AvgIpc) is 2.23. The van der Waals surface area contributed by atoms with Crippen LogP contribution in [-0.2, 0) is 0 Å². The molecule has 1 amide bonds. The topological polar surface area (TPSA) is 42.0 Å². The van der Waals surface area contributed by atoms with Crippen molar-refractivity contribution in [1.82, 2.24) is 10.3 Å². The van der Waals surface area contributed by atoms with E-state index in [-0.39, 0.29) is 5.91 Å². The Hall–Kier alpha value is -0.900. The van der Waals surface area contributed by atoms with Crippen LogP contribution in [0.25, 0.3) is 0 Å². The van der Waals surface area contributed by atoms with E-state index in [1.54, 1.807) is 0 Å². The molecule has 1 aromatic rings. The van der Waals surface area contributed by atoms with Crippen molar-refractivity contribution in [2.24, 2.45) is 0 Å². The Bertz CT molecular complexity index is 391. The van der Waals surface area contributed by atoms with Crippen molar-refractivity contribution in [1.29, 1.82) is 0 Å². The third-order valence-corrected chi connectivity index (χ3v) is 2.99. The Labute approximate surface area is 111 Å². The molecule has 0 bridgehead atoms. The Balaban J connectivity index is 2.47. The molecule has 0 saturated carbocycles. The highest BCUT2D eigenvalue weighted by Gasteiger charge is 2.09. The first-order chi connectivity index (χ1) is 8.00. The molecule has 1 N–H and O–H groups in total. The van der Waals surface area contributed by atoms with E-state index in [0.29, 0.717) is 16.9 Å². The number of nitrogens with zero attached hydrogens (tertiary/aromatic N) is 1. The fourth-order valence-corrected chi connectivity index (χ4v) is 1.93. The lowest BCUT2D eigenvalue weighted by molar-refractivity contribution is 0.0952. The van der Waals surface area contributed by atoms with Crippen LogP contribution in [0.3, 0.4) is 0 Å². The van der Waals surface area contributed by atoms with E-state index >= 15 is 0 Å². The molecular formula is C13H19BrN2O. The first kappa shape index (κ1) is 14.2. The van der Waals surface area contributed by atoms with E-state index in [1.165, 1.54) is 0 Å². The number of hydrogen-bond acceptors (Lipinski definition) is 2. The van der Waals surface area contributed by atoms with E-state index < -0.39 is 0 Å². The third-order valence-electron chi connectivity index (χ3n) is 2.53. The lowest BCUT2D eigenvalue weighted by Crippen LogP contribution is -2.25. The number of hydrogen-bond donors (Lipinski definition) is 1. The van der Waals surface area contributed by atoms with Gasteiger partial charge in [-0.1, -0.05) is 22.9 Å². The maximum Gasteiger partial charge on any atom is 0.253 e. The number of amides is 1. The number of rotatable bonds is 5. The minimum atomic E-state index is -0.0303. The Morgan fingerprint density at radius 3 is 2.76 bits per heavy atom. The van der Waals surface area contributed by atoms with Crippen molar-refractivity contribution >= 4 is 21.8 Å². The van der Waals surface area contributed by atoms with Gasteiger partial charge in [0.05, 0.1) is 11.3 Å². The number of aryl methyl sites for hydroxylation is 2. The summed E-state index contributed by atoms with van der Waals surface area (Å²) >= 11 is 3.48. The van der Waals surface area contributed by atoms with Crippen LogP contribution < -0.4 is 5.32 Å². The summed E-state index contributed by atoms with van der Waals surface area (Å²) in [5.74, 6) is -0.0303. The summed E-state index contributed by atoms with van der Waals surface area (Å²) in [6.07, 6.45) is 2.04. The number of alkyl halides is 1. The molecule has 0 aromatic carbocycles. The summed E-state index contributed by atoms with van der Waals surface area (Å²) in [6.45, 7) is 6.60. The molecule has 0 fully saturated rings. The van der Waals surface area contributed by atoms with Crippen LogP contribution in [0.4, 0.5) is 0 Å². The summed E-state index contributed by atoms with van der Waals surface area (Å²) in [5, 5.41) is 2.91. The van der Waals surface area contributed by atoms with Gasteiger partial charge in [-0.15, -0.1) is 0 Å². The second-order valence-electron chi connectivity index (χ2n) is 4.26. The Morgan fingerprint density at radius 1 is 1.47 bits per heavy atom. The first-order valence-corrected chi connectivity index (χ1v) is 6.79. The van der Waals surface area contributed by atoms with Crippen molar-refractivity contribution in [3.8, 4) is 0 Å². The highest BCUT2D eigenvalue weighted by molar-refractivity contribution is 9.09. The maximum atomic E-state index is 11.9. The minimum absolute atomic E-state index is 0.0303. The highest BCUT2D eigenvalue weighted by atomic mass is 79.9. The Kier molecular flexibility index (Phi) is 5.62. The number of nitrogens with one attached hydrogen (secondary N) is 1. The monoisotopic (exact) mass is 298 g/mol. The molecule has 3 nitrogen and oxygen atoms in total. The molecule has 1 rings (SSSR count). The minimum Gasteiger partial charge on any atom is -0.352 e. The fourth-order valence-electron chi connectivity index (χ4n) is 1.61. The first-order valence-electron chi connectivity index (χ1n) is 5.87. The summed E-state index contributed by atoms with van der Waals surface area (Å²) in [6, 6.07) is 3.70. The zero-order valence-electron chi connectivity index (χ0n) is 10.6. The maximum absolute atomic E-state index is 11.9. The van der Waals surface area contributed by atoms with Gasteiger partial charge < -0.3 is 5.32 Å². The van der Waals surface area contributed by atoms with Crippen molar-refractivity contribution < 1.29 is 4.79 Å². The van der Waals surface area contributed by atoms with Crippen LogP contribution in [0.15, 0.2) is 12.1 Å². The summed E-state index contributed by atoms with van der Waals surface area (Å²) in [4.78, 5) is 16.6. The third kappa shape index (κ3) is 4.86. The number of pyridine rings is 1. The van der Waals surface area contributed by atoms with E-state index in [1.807, 2.05) is 26.0 Å². The molecule has 0 aliphatic heterocycles. The average molecular weight is 299 g/mol. The molecule has 1 aromatic heterocycles. The molecule has 4 heteroatoms. The molecule has 0 radical (unpaired) electrons. The van der Waals surface area contributed by atoms with Crippen molar-refractivity contribution in [2.75, 3.05) is 6.54 Å². The van der Waals surface area contributed by atoms with Gasteiger partial charge in [0.1, 0.15) is 0 Å². The lowest BCUT2D eigenvalue weighted by atomic mass is 10.1. The number of carbonyl (C=O) groups is 1. The zero-order chi connectivity index (χ0) is 12.8. The van der Waals surface area contributed by atoms with Crippen LogP contribution in [0.5, 0.6) is 0 Å². The van der Waals surface area contributed by atoms with E-state index in [0.717, 1.165) is 24.2 Å². The van der Waals surface area contributed by atoms with Gasteiger partial charge in [-0.25, -0.2) is 0 Å². The van der Waals surface area contributed by atoms with E-state index in [2.05, 4.69) is 33.2 Å². The number of halogens is 1. The van der Waals surface area contributed by atoms with Crippen LogP contribution in [0.2, 0.25) is 0 Å². The summed E-state index contributed by atoms with van der Waals surface area (Å²) in [7, 11) is 0. The molecule has 0 spiro atoms. The molecule has 1 heterocycles. The fraction of sp³-hybridized carbons (Fsp3) is 0.538. The summed E-state index contributed by atoms with van der Waals surface area (Å²) in [5.41, 5.74) is 2.39. The quantitative estimate of drug-likeness (QED) is 0.671. The van der Waals surface area contributed by atoms with Gasteiger partial charge in [0.25, 0.3) is 5.91 Å². The molecule has 0 aliphatic rings. The molecule has 17 heavy (non-hydrogen) atoms. The van der Waals surface area contributed by atoms with E-state index in [4.69, 9.17) is 0 Å². The second-order valence-corrected chi connectivity index (χ2v) is 5.83. The van der Waals surface area contributed by atoms with Gasteiger partial charge in [0.2, 0.25) is 0 Å². The lowest BCUT2D eigenvalue weighted by Gasteiger charge is -2.08. The van der Waals surface area contributed by atoms with Crippen molar-refractivity contribution in [3.05, 3.63) is 29.1 Å². The second kappa shape index (κ2) is 6.74. The van der Waals surface area contributed by atoms with Crippen LogP contribution >= 0.6 is 15.9 Å². The molecule has 0 saturated heterocycles. The predicted octanol–water partition coefficient (Wildman–Crippen LogP) is 2.99. The SMILES string of the molecule is Cc1ccc(C(=O)NCCCC(C)Br)c(C)n1. The normalized spacial score (nSPS) is 12.2.